The van der Waals surface area contributed by atoms with Gasteiger partial charge in [-0.05, 0) is 18.2 Å². The lowest BCUT2D eigenvalue weighted by Crippen LogP contribution is -2.13. The standard InChI is InChI=1S/C12H12N4O3S2/c1-19-10-5-4-9(3-2-6-13)7-11(10)21(17,18)15-12-8-14-16-20-12/h4-5,7-8,15H,6,13H2,1H3. The van der Waals surface area contributed by atoms with Crippen molar-refractivity contribution < 1.29 is 13.2 Å². The normalized spacial score (nSPS) is 10.6. The summed E-state index contributed by atoms with van der Waals surface area (Å²) in [5.74, 6) is 5.67. The molecule has 0 aliphatic heterocycles. The smallest absolute Gasteiger partial charge is 0.266 e. The molecule has 9 heteroatoms. The highest BCUT2D eigenvalue weighted by atomic mass is 32.2. The second-order valence-corrected chi connectivity index (χ2v) is 6.20. The Morgan fingerprint density at radius 3 is 2.90 bits per heavy atom. The molecule has 0 saturated heterocycles. The van der Waals surface area contributed by atoms with E-state index in [0.717, 1.165) is 11.5 Å². The minimum Gasteiger partial charge on any atom is -0.495 e. The topological polar surface area (TPSA) is 107 Å². The summed E-state index contributed by atoms with van der Waals surface area (Å²) in [4.78, 5) is -0.0118. The number of hydrogen-bond donors (Lipinski definition) is 2. The molecular formula is C12H12N4O3S2. The molecule has 0 atom stereocenters. The maximum absolute atomic E-state index is 12.4. The molecule has 2 aromatic rings. The van der Waals surface area contributed by atoms with Gasteiger partial charge < -0.3 is 10.5 Å². The van der Waals surface area contributed by atoms with Gasteiger partial charge >= 0.3 is 0 Å². The largest absolute Gasteiger partial charge is 0.495 e. The lowest BCUT2D eigenvalue weighted by molar-refractivity contribution is 0.403. The zero-order valence-electron chi connectivity index (χ0n) is 11.0. The van der Waals surface area contributed by atoms with Crippen molar-refractivity contribution in [1.82, 2.24) is 9.59 Å². The number of rotatable bonds is 4. The summed E-state index contributed by atoms with van der Waals surface area (Å²) in [6, 6.07) is 4.63. The fraction of sp³-hybridized carbons (Fsp3) is 0.167. The summed E-state index contributed by atoms with van der Waals surface area (Å²) in [6.07, 6.45) is 1.33. The molecule has 0 saturated carbocycles. The van der Waals surface area contributed by atoms with E-state index < -0.39 is 10.0 Å². The van der Waals surface area contributed by atoms with Crippen molar-refractivity contribution in [2.24, 2.45) is 5.73 Å². The van der Waals surface area contributed by atoms with Crippen LogP contribution in [-0.4, -0.2) is 31.7 Å². The number of benzene rings is 1. The van der Waals surface area contributed by atoms with Crippen LogP contribution < -0.4 is 15.2 Å². The van der Waals surface area contributed by atoms with Crippen LogP contribution in [0.25, 0.3) is 0 Å². The molecule has 0 aliphatic rings. The molecule has 0 bridgehead atoms. The number of nitrogens with one attached hydrogen (secondary N) is 1. The van der Waals surface area contributed by atoms with E-state index in [1.54, 1.807) is 12.1 Å². The van der Waals surface area contributed by atoms with Crippen LogP contribution in [0.5, 0.6) is 5.75 Å². The van der Waals surface area contributed by atoms with Crippen molar-refractivity contribution in [3.63, 3.8) is 0 Å². The molecule has 3 N–H and O–H groups in total. The highest BCUT2D eigenvalue weighted by Gasteiger charge is 2.21. The minimum absolute atomic E-state index is 0.0118. The average Bonchev–Trinajstić information content (AvgIpc) is 2.97. The van der Waals surface area contributed by atoms with Gasteiger partial charge in [0.05, 0.1) is 19.9 Å². The highest BCUT2D eigenvalue weighted by Crippen LogP contribution is 2.27. The molecule has 1 aromatic carbocycles. The molecule has 0 aliphatic carbocycles. The van der Waals surface area contributed by atoms with E-state index in [0.29, 0.717) is 10.6 Å². The Morgan fingerprint density at radius 1 is 1.48 bits per heavy atom. The first-order valence-corrected chi connectivity index (χ1v) is 7.99. The molecule has 2 rings (SSSR count). The summed E-state index contributed by atoms with van der Waals surface area (Å²) in [5.41, 5.74) is 5.84. The summed E-state index contributed by atoms with van der Waals surface area (Å²) in [6.45, 7) is 0.193. The Kier molecular flexibility index (Phi) is 4.74. The number of aromatic nitrogens is 2. The second-order valence-electron chi connectivity index (χ2n) is 3.76. The average molecular weight is 324 g/mol. The quantitative estimate of drug-likeness (QED) is 0.800. The van der Waals surface area contributed by atoms with E-state index in [9.17, 15) is 8.42 Å². The van der Waals surface area contributed by atoms with E-state index in [-0.39, 0.29) is 17.2 Å². The molecule has 0 amide bonds. The number of nitrogens with two attached hydrogens (primary N) is 1. The van der Waals surface area contributed by atoms with Crippen molar-refractivity contribution in [2.45, 2.75) is 4.90 Å². The van der Waals surface area contributed by atoms with Gasteiger partial charge in [0.1, 0.15) is 15.6 Å². The van der Waals surface area contributed by atoms with Crippen molar-refractivity contribution in [3.8, 4) is 17.6 Å². The number of ether oxygens (including phenoxy) is 1. The first kappa shape index (κ1) is 15.2. The lowest BCUT2D eigenvalue weighted by atomic mass is 10.2. The first-order chi connectivity index (χ1) is 10.1. The highest BCUT2D eigenvalue weighted by molar-refractivity contribution is 7.93. The van der Waals surface area contributed by atoms with Gasteiger partial charge in [-0.1, -0.05) is 16.3 Å². The van der Waals surface area contributed by atoms with Gasteiger partial charge in [-0.3, -0.25) is 4.72 Å². The summed E-state index contributed by atoms with van der Waals surface area (Å²) < 4.78 is 35.9. The van der Waals surface area contributed by atoms with Gasteiger partial charge in [0.15, 0.2) is 0 Å². The Morgan fingerprint density at radius 2 is 2.29 bits per heavy atom. The molecule has 7 nitrogen and oxygen atoms in total. The number of nitrogens with zero attached hydrogens (tertiary/aromatic N) is 2. The van der Waals surface area contributed by atoms with E-state index in [4.69, 9.17) is 10.5 Å². The van der Waals surface area contributed by atoms with E-state index in [1.807, 2.05) is 0 Å². The van der Waals surface area contributed by atoms with Crippen LogP contribution in [0.3, 0.4) is 0 Å². The van der Waals surface area contributed by atoms with Crippen LogP contribution in [-0.2, 0) is 10.0 Å². The monoisotopic (exact) mass is 324 g/mol. The van der Waals surface area contributed by atoms with Crippen molar-refractivity contribution in [3.05, 3.63) is 30.0 Å². The molecule has 0 radical (unpaired) electrons. The fourth-order valence-corrected chi connectivity index (χ4v) is 3.40. The van der Waals surface area contributed by atoms with Gasteiger partial charge in [0, 0.05) is 17.1 Å². The van der Waals surface area contributed by atoms with Gasteiger partial charge in [0.2, 0.25) is 0 Å². The fourth-order valence-electron chi connectivity index (χ4n) is 1.52. The van der Waals surface area contributed by atoms with Crippen LogP contribution in [0.15, 0.2) is 29.3 Å². The minimum atomic E-state index is -3.82. The molecule has 0 fully saturated rings. The van der Waals surface area contributed by atoms with Crippen LogP contribution >= 0.6 is 11.5 Å². The second kappa shape index (κ2) is 6.53. The molecule has 0 unspecified atom stereocenters. The third kappa shape index (κ3) is 3.69. The maximum atomic E-state index is 12.4. The van der Waals surface area contributed by atoms with Gasteiger partial charge in [-0.25, -0.2) is 8.42 Å². The molecule has 1 heterocycles. The number of methoxy groups -OCH3 is 1. The zero-order chi connectivity index (χ0) is 15.3. The molecule has 0 spiro atoms. The van der Waals surface area contributed by atoms with Crippen LogP contribution in [0.2, 0.25) is 0 Å². The zero-order valence-corrected chi connectivity index (χ0v) is 12.7. The number of sulfonamides is 1. The van der Waals surface area contributed by atoms with Crippen molar-refractivity contribution >= 4 is 26.6 Å². The Labute approximate surface area is 126 Å². The molecule has 110 valence electrons. The number of hydrogen-bond acceptors (Lipinski definition) is 7. The molecule has 1 aromatic heterocycles. The van der Waals surface area contributed by atoms with Crippen LogP contribution in [0.1, 0.15) is 5.56 Å². The Balaban J connectivity index is 2.44. The van der Waals surface area contributed by atoms with E-state index in [1.165, 1.54) is 19.4 Å². The van der Waals surface area contributed by atoms with Gasteiger partial charge in [-0.2, -0.15) is 0 Å². The third-order valence-electron chi connectivity index (χ3n) is 2.38. The number of anilines is 1. The maximum Gasteiger partial charge on any atom is 0.266 e. The first-order valence-electron chi connectivity index (χ1n) is 5.74. The van der Waals surface area contributed by atoms with Crippen LogP contribution in [0.4, 0.5) is 5.00 Å². The van der Waals surface area contributed by atoms with Crippen molar-refractivity contribution in [1.29, 1.82) is 0 Å². The van der Waals surface area contributed by atoms with Crippen LogP contribution in [0, 0.1) is 11.8 Å². The van der Waals surface area contributed by atoms with E-state index in [2.05, 4.69) is 26.1 Å². The molecule has 21 heavy (non-hydrogen) atoms. The third-order valence-corrected chi connectivity index (χ3v) is 4.48. The predicted molar refractivity (Wildman–Crippen MR) is 79.6 cm³/mol. The summed E-state index contributed by atoms with van der Waals surface area (Å²) >= 11 is 0.939. The van der Waals surface area contributed by atoms with Gasteiger partial charge in [0.25, 0.3) is 10.0 Å². The van der Waals surface area contributed by atoms with Crippen molar-refractivity contribution in [2.75, 3.05) is 18.4 Å². The Bertz CT molecular complexity index is 777. The Hall–Kier alpha value is -2.15. The van der Waals surface area contributed by atoms with E-state index >= 15 is 0 Å². The predicted octanol–water partition coefficient (Wildman–Crippen LogP) is 0.658. The molecular weight excluding hydrogens is 312 g/mol. The summed E-state index contributed by atoms with van der Waals surface area (Å²) in [7, 11) is -2.42. The van der Waals surface area contributed by atoms with Gasteiger partial charge in [-0.15, -0.1) is 5.10 Å². The summed E-state index contributed by atoms with van der Waals surface area (Å²) in [5, 5.41) is 3.89. The SMILES string of the molecule is COc1ccc(C#CCN)cc1S(=O)(=O)Nc1cnns1. The lowest BCUT2D eigenvalue weighted by Gasteiger charge is -2.10.